The minimum atomic E-state index is -0.379. The molecule has 1 radical (unpaired) electrons. The Morgan fingerprint density at radius 3 is 2.54 bits per heavy atom. The summed E-state index contributed by atoms with van der Waals surface area (Å²) in [5, 5.41) is 9.11. The molecule has 0 aliphatic rings. The lowest BCUT2D eigenvalue weighted by Crippen LogP contribution is -2.14. The van der Waals surface area contributed by atoms with Crippen molar-refractivity contribution in [3.05, 3.63) is 6.92 Å². The molecule has 2 heteroatoms. The van der Waals surface area contributed by atoms with Crippen molar-refractivity contribution < 1.29 is 9.84 Å². The number of hydrogen-bond donors (Lipinski definition) is 1. The molecule has 0 aromatic rings. The Bertz CT molecular complexity index is 94.1. The molecule has 0 heterocycles. The zero-order valence-electron chi connectivity index (χ0n) is 8.80. The first kappa shape index (κ1) is 12.9. The predicted octanol–water partition coefficient (Wildman–Crippen LogP) is 2.56. The Morgan fingerprint density at radius 1 is 1.23 bits per heavy atom. The summed E-state index contributed by atoms with van der Waals surface area (Å²) in [4.78, 5) is 0. The number of rotatable bonds is 9. The summed E-state index contributed by atoms with van der Waals surface area (Å²) >= 11 is 0. The molecule has 0 aliphatic carbocycles. The molecule has 1 unspecified atom stereocenters. The van der Waals surface area contributed by atoms with Gasteiger partial charge in [-0.2, -0.15) is 0 Å². The topological polar surface area (TPSA) is 29.5 Å². The standard InChI is InChI=1S/C11H23O2/c1-3-5-6-7-8-9-13-10-11(12)4-2/h11-12H,2-10H2,1H3. The smallest absolute Gasteiger partial charge is 0.0773 e. The summed E-state index contributed by atoms with van der Waals surface area (Å²) in [6.07, 6.45) is 6.42. The Balaban J connectivity index is 2.91. The van der Waals surface area contributed by atoms with Crippen molar-refractivity contribution in [2.24, 2.45) is 0 Å². The number of aliphatic hydroxyl groups excluding tert-OH is 1. The van der Waals surface area contributed by atoms with Crippen LogP contribution < -0.4 is 0 Å². The fraction of sp³-hybridized carbons (Fsp3) is 0.909. The summed E-state index contributed by atoms with van der Waals surface area (Å²) in [7, 11) is 0. The Morgan fingerprint density at radius 2 is 1.92 bits per heavy atom. The summed E-state index contributed by atoms with van der Waals surface area (Å²) in [6, 6.07) is 0. The van der Waals surface area contributed by atoms with Gasteiger partial charge in [-0.15, -0.1) is 0 Å². The summed E-state index contributed by atoms with van der Waals surface area (Å²) in [5.74, 6) is 0. The maximum absolute atomic E-state index is 9.11. The molecule has 0 saturated carbocycles. The van der Waals surface area contributed by atoms with E-state index in [0.29, 0.717) is 13.0 Å². The monoisotopic (exact) mass is 187 g/mol. The molecule has 0 bridgehead atoms. The minimum Gasteiger partial charge on any atom is -0.391 e. The predicted molar refractivity (Wildman–Crippen MR) is 55.6 cm³/mol. The third-order valence-corrected chi connectivity index (χ3v) is 2.04. The SMILES string of the molecule is [CH2]CC(O)COCCCCCCC. The Hall–Kier alpha value is -0.0800. The number of ether oxygens (including phenoxy) is 1. The van der Waals surface area contributed by atoms with E-state index in [4.69, 9.17) is 9.84 Å². The zero-order chi connectivity index (χ0) is 9.94. The molecule has 79 valence electrons. The van der Waals surface area contributed by atoms with Gasteiger partial charge in [-0.25, -0.2) is 0 Å². The molecule has 0 spiro atoms. The van der Waals surface area contributed by atoms with Crippen LogP contribution in [0.15, 0.2) is 0 Å². The summed E-state index contributed by atoms with van der Waals surface area (Å²) < 4.78 is 5.28. The minimum absolute atomic E-state index is 0.379. The largest absolute Gasteiger partial charge is 0.391 e. The van der Waals surface area contributed by atoms with Gasteiger partial charge in [0.05, 0.1) is 12.7 Å². The van der Waals surface area contributed by atoms with Gasteiger partial charge in [-0.3, -0.25) is 0 Å². The lowest BCUT2D eigenvalue weighted by molar-refractivity contribution is 0.0365. The van der Waals surface area contributed by atoms with Gasteiger partial charge >= 0.3 is 0 Å². The highest BCUT2D eigenvalue weighted by Gasteiger charge is 1.99. The van der Waals surface area contributed by atoms with Gasteiger partial charge in [-0.1, -0.05) is 39.5 Å². The second kappa shape index (κ2) is 10.0. The van der Waals surface area contributed by atoms with Gasteiger partial charge in [0.25, 0.3) is 0 Å². The van der Waals surface area contributed by atoms with Crippen LogP contribution in [0.25, 0.3) is 0 Å². The van der Waals surface area contributed by atoms with E-state index < -0.39 is 0 Å². The zero-order valence-corrected chi connectivity index (χ0v) is 8.80. The van der Waals surface area contributed by atoms with Gasteiger partial charge in [0.1, 0.15) is 0 Å². The van der Waals surface area contributed by atoms with E-state index >= 15 is 0 Å². The van der Waals surface area contributed by atoms with Gasteiger partial charge in [0, 0.05) is 6.61 Å². The molecule has 2 nitrogen and oxygen atoms in total. The maximum Gasteiger partial charge on any atom is 0.0773 e. The molecule has 1 atom stereocenters. The average molecular weight is 187 g/mol. The lowest BCUT2D eigenvalue weighted by Gasteiger charge is -2.08. The van der Waals surface area contributed by atoms with Crippen molar-refractivity contribution in [3.63, 3.8) is 0 Å². The second-order valence-corrected chi connectivity index (χ2v) is 3.43. The van der Waals surface area contributed by atoms with E-state index in [1.807, 2.05) is 0 Å². The van der Waals surface area contributed by atoms with E-state index in [-0.39, 0.29) is 6.10 Å². The Labute approximate surface area is 82.3 Å². The highest BCUT2D eigenvalue weighted by molar-refractivity contribution is 4.54. The van der Waals surface area contributed by atoms with Gasteiger partial charge < -0.3 is 9.84 Å². The number of unbranched alkanes of at least 4 members (excludes halogenated alkanes) is 4. The molecular weight excluding hydrogens is 164 g/mol. The van der Waals surface area contributed by atoms with Crippen molar-refractivity contribution in [1.82, 2.24) is 0 Å². The van der Waals surface area contributed by atoms with Crippen molar-refractivity contribution in [1.29, 1.82) is 0 Å². The van der Waals surface area contributed by atoms with Crippen LogP contribution in [0.4, 0.5) is 0 Å². The van der Waals surface area contributed by atoms with Gasteiger partial charge in [-0.05, 0) is 12.8 Å². The molecule has 0 aromatic heterocycles. The molecule has 1 N–H and O–H groups in total. The van der Waals surface area contributed by atoms with Crippen molar-refractivity contribution in [3.8, 4) is 0 Å². The second-order valence-electron chi connectivity index (χ2n) is 3.43. The van der Waals surface area contributed by atoms with Crippen molar-refractivity contribution in [2.75, 3.05) is 13.2 Å². The van der Waals surface area contributed by atoms with E-state index in [1.54, 1.807) is 0 Å². The number of aliphatic hydroxyl groups is 1. The van der Waals surface area contributed by atoms with Crippen LogP contribution in [0.3, 0.4) is 0 Å². The fourth-order valence-corrected chi connectivity index (χ4v) is 1.11. The number of hydrogen-bond acceptors (Lipinski definition) is 2. The van der Waals surface area contributed by atoms with Crippen LogP contribution >= 0.6 is 0 Å². The summed E-state index contributed by atoms with van der Waals surface area (Å²) in [6.45, 7) is 7.02. The normalized spacial score (nSPS) is 13.2. The first-order valence-corrected chi connectivity index (χ1v) is 5.36. The molecule has 0 aliphatic heterocycles. The van der Waals surface area contributed by atoms with E-state index in [9.17, 15) is 0 Å². The van der Waals surface area contributed by atoms with Crippen LogP contribution in [0.1, 0.15) is 45.4 Å². The van der Waals surface area contributed by atoms with Crippen LogP contribution in [0, 0.1) is 6.92 Å². The molecule has 0 rings (SSSR count). The van der Waals surface area contributed by atoms with Gasteiger partial charge in [0.2, 0.25) is 0 Å². The quantitative estimate of drug-likeness (QED) is 0.562. The third-order valence-electron chi connectivity index (χ3n) is 2.04. The van der Waals surface area contributed by atoms with Crippen LogP contribution in [-0.4, -0.2) is 24.4 Å². The third kappa shape index (κ3) is 9.84. The van der Waals surface area contributed by atoms with Crippen molar-refractivity contribution >= 4 is 0 Å². The first-order valence-electron chi connectivity index (χ1n) is 5.36. The highest BCUT2D eigenvalue weighted by atomic mass is 16.5. The van der Waals surface area contributed by atoms with E-state index in [2.05, 4.69) is 13.8 Å². The summed E-state index contributed by atoms with van der Waals surface area (Å²) in [5.41, 5.74) is 0. The molecular formula is C11H23O2. The van der Waals surface area contributed by atoms with Crippen molar-refractivity contribution in [2.45, 2.75) is 51.6 Å². The van der Waals surface area contributed by atoms with Crippen LogP contribution in [0.2, 0.25) is 0 Å². The van der Waals surface area contributed by atoms with E-state index in [0.717, 1.165) is 13.0 Å². The fourth-order valence-electron chi connectivity index (χ4n) is 1.11. The molecule has 0 aromatic carbocycles. The maximum atomic E-state index is 9.11. The first-order chi connectivity index (χ1) is 6.31. The molecule has 0 amide bonds. The lowest BCUT2D eigenvalue weighted by atomic mass is 10.2. The molecule has 13 heavy (non-hydrogen) atoms. The molecule has 0 saturated heterocycles. The molecule has 0 fully saturated rings. The highest BCUT2D eigenvalue weighted by Crippen LogP contribution is 2.02. The van der Waals surface area contributed by atoms with Gasteiger partial charge in [0.15, 0.2) is 0 Å². The van der Waals surface area contributed by atoms with E-state index in [1.165, 1.54) is 25.7 Å². The Kier molecular flexibility index (Phi) is 9.94. The van der Waals surface area contributed by atoms with Crippen LogP contribution in [-0.2, 0) is 4.74 Å². The van der Waals surface area contributed by atoms with Crippen LogP contribution in [0.5, 0.6) is 0 Å². The average Bonchev–Trinajstić information content (AvgIpc) is 2.16.